The molecule has 5 nitrogen and oxygen atoms in total. The molecule has 1 heterocycles. The molecule has 1 N–H and O–H groups in total. The van der Waals surface area contributed by atoms with Gasteiger partial charge in [-0.1, -0.05) is 30.3 Å². The average molecular weight is 484 g/mol. The molecule has 4 aromatic rings. The molecule has 0 unspecified atom stereocenters. The van der Waals surface area contributed by atoms with Crippen molar-refractivity contribution < 1.29 is 14.6 Å². The van der Waals surface area contributed by atoms with Crippen LogP contribution >= 0.6 is 22.6 Å². The first kappa shape index (κ1) is 18.5. The van der Waals surface area contributed by atoms with E-state index in [2.05, 4.69) is 27.2 Å². The van der Waals surface area contributed by atoms with Crippen LogP contribution in [0, 0.1) is 3.57 Å². The molecule has 140 valence electrons. The number of fused-ring (bicyclic) bond motifs is 1. The number of imidazole rings is 1. The first-order valence-corrected chi connectivity index (χ1v) is 9.76. The van der Waals surface area contributed by atoms with Crippen LogP contribution in [-0.4, -0.2) is 27.7 Å². The molecule has 0 aliphatic heterocycles. The Morgan fingerprint density at radius 2 is 1.93 bits per heavy atom. The predicted octanol–water partition coefficient (Wildman–Crippen LogP) is 5.06. The molecule has 0 atom stereocenters. The summed E-state index contributed by atoms with van der Waals surface area (Å²) in [6.07, 6.45) is 0. The van der Waals surface area contributed by atoms with E-state index in [-0.39, 0.29) is 5.56 Å². The third-order valence-electron chi connectivity index (χ3n) is 4.60. The number of aromatic carboxylic acids is 1. The first-order chi connectivity index (χ1) is 13.6. The standard InChI is InChI=1S/C22H17IN2O3/c1-28-20-12-17(23)10-9-16(20)13-25-19-8-3-2-7-18(19)24-21(25)14-5-4-6-15(11-14)22(26)27/h2-12H,13H2,1H3,(H,26,27). The van der Waals surface area contributed by atoms with Gasteiger partial charge >= 0.3 is 5.97 Å². The topological polar surface area (TPSA) is 64.3 Å². The number of para-hydroxylation sites is 2. The Balaban J connectivity index is 1.89. The lowest BCUT2D eigenvalue weighted by atomic mass is 10.1. The minimum Gasteiger partial charge on any atom is -0.496 e. The lowest BCUT2D eigenvalue weighted by molar-refractivity contribution is 0.0697. The molecule has 0 saturated carbocycles. The fraction of sp³-hybridized carbons (Fsp3) is 0.0909. The van der Waals surface area contributed by atoms with E-state index in [0.29, 0.717) is 6.54 Å². The Kier molecular flexibility index (Phi) is 5.04. The van der Waals surface area contributed by atoms with Gasteiger partial charge in [0.05, 0.1) is 30.3 Å². The van der Waals surface area contributed by atoms with E-state index in [1.54, 1.807) is 25.3 Å². The number of carboxylic acid groups (broad SMARTS) is 1. The molecule has 1 aromatic heterocycles. The number of hydrogen-bond acceptors (Lipinski definition) is 3. The van der Waals surface area contributed by atoms with Crippen molar-refractivity contribution >= 4 is 39.6 Å². The molecule has 0 aliphatic carbocycles. The Morgan fingerprint density at radius 1 is 1.11 bits per heavy atom. The Bertz CT molecular complexity index is 1180. The van der Waals surface area contributed by atoms with Crippen LogP contribution in [0.25, 0.3) is 22.4 Å². The van der Waals surface area contributed by atoms with Gasteiger partial charge in [0.1, 0.15) is 11.6 Å². The summed E-state index contributed by atoms with van der Waals surface area (Å²) >= 11 is 2.26. The summed E-state index contributed by atoms with van der Waals surface area (Å²) in [4.78, 5) is 16.2. The first-order valence-electron chi connectivity index (χ1n) is 8.68. The van der Waals surface area contributed by atoms with Gasteiger partial charge in [0.15, 0.2) is 0 Å². The monoisotopic (exact) mass is 484 g/mol. The molecule has 4 rings (SSSR count). The number of methoxy groups -OCH3 is 1. The van der Waals surface area contributed by atoms with Gasteiger partial charge < -0.3 is 14.4 Å². The van der Waals surface area contributed by atoms with Crippen LogP contribution in [0.3, 0.4) is 0 Å². The molecule has 0 radical (unpaired) electrons. The molecular formula is C22H17IN2O3. The number of benzene rings is 3. The number of nitrogens with zero attached hydrogens (tertiary/aromatic N) is 2. The summed E-state index contributed by atoms with van der Waals surface area (Å²) in [5, 5.41) is 9.35. The molecule has 28 heavy (non-hydrogen) atoms. The summed E-state index contributed by atoms with van der Waals surface area (Å²) < 4.78 is 8.77. The van der Waals surface area contributed by atoms with Crippen LogP contribution in [0.2, 0.25) is 0 Å². The lowest BCUT2D eigenvalue weighted by Crippen LogP contribution is -2.05. The molecular weight excluding hydrogens is 467 g/mol. The highest BCUT2D eigenvalue weighted by atomic mass is 127. The summed E-state index contributed by atoms with van der Waals surface area (Å²) in [5.41, 5.74) is 3.88. The molecule has 0 fully saturated rings. The van der Waals surface area contributed by atoms with E-state index in [0.717, 1.165) is 37.3 Å². The van der Waals surface area contributed by atoms with E-state index in [9.17, 15) is 9.90 Å². The minimum atomic E-state index is -0.955. The predicted molar refractivity (Wildman–Crippen MR) is 117 cm³/mol. The Morgan fingerprint density at radius 3 is 2.71 bits per heavy atom. The van der Waals surface area contributed by atoms with Gasteiger partial charge in [0.25, 0.3) is 0 Å². The second-order valence-electron chi connectivity index (χ2n) is 6.35. The van der Waals surface area contributed by atoms with E-state index < -0.39 is 5.97 Å². The van der Waals surface area contributed by atoms with E-state index in [4.69, 9.17) is 9.72 Å². The van der Waals surface area contributed by atoms with Crippen molar-refractivity contribution in [2.75, 3.05) is 7.11 Å². The smallest absolute Gasteiger partial charge is 0.335 e. The van der Waals surface area contributed by atoms with Crippen molar-refractivity contribution in [3.8, 4) is 17.1 Å². The number of carboxylic acids is 1. The van der Waals surface area contributed by atoms with Crippen molar-refractivity contribution in [3.05, 3.63) is 81.4 Å². The molecule has 0 amide bonds. The molecule has 6 heteroatoms. The van der Waals surface area contributed by atoms with Crippen molar-refractivity contribution in [2.45, 2.75) is 6.54 Å². The largest absolute Gasteiger partial charge is 0.496 e. The average Bonchev–Trinajstić information content (AvgIpc) is 3.08. The third kappa shape index (κ3) is 3.47. The zero-order valence-electron chi connectivity index (χ0n) is 15.1. The molecule has 0 bridgehead atoms. The van der Waals surface area contributed by atoms with Gasteiger partial charge in [-0.25, -0.2) is 9.78 Å². The highest BCUT2D eigenvalue weighted by Crippen LogP contribution is 2.29. The Hall–Kier alpha value is -2.87. The number of rotatable bonds is 5. The van der Waals surface area contributed by atoms with E-state index in [1.165, 1.54) is 0 Å². The quantitative estimate of drug-likeness (QED) is 0.402. The minimum absolute atomic E-state index is 0.239. The number of hydrogen-bond donors (Lipinski definition) is 1. The van der Waals surface area contributed by atoms with Crippen LogP contribution in [0.5, 0.6) is 5.75 Å². The zero-order chi connectivity index (χ0) is 19.7. The van der Waals surface area contributed by atoms with Crippen molar-refractivity contribution in [3.63, 3.8) is 0 Å². The van der Waals surface area contributed by atoms with Crippen LogP contribution in [0.15, 0.2) is 66.7 Å². The second kappa shape index (κ2) is 7.63. The van der Waals surface area contributed by atoms with Crippen LogP contribution in [-0.2, 0) is 6.54 Å². The van der Waals surface area contributed by atoms with Gasteiger partial charge in [-0.15, -0.1) is 0 Å². The summed E-state index contributed by atoms with van der Waals surface area (Å²) in [6.45, 7) is 0.563. The highest BCUT2D eigenvalue weighted by Gasteiger charge is 2.16. The van der Waals surface area contributed by atoms with Gasteiger partial charge in [0.2, 0.25) is 0 Å². The molecule has 0 saturated heterocycles. The normalized spacial score (nSPS) is 10.9. The van der Waals surface area contributed by atoms with Crippen molar-refractivity contribution in [1.29, 1.82) is 0 Å². The summed E-state index contributed by atoms with van der Waals surface area (Å²) in [7, 11) is 1.66. The molecule has 0 spiro atoms. The summed E-state index contributed by atoms with van der Waals surface area (Å²) in [6, 6.07) is 20.9. The maximum atomic E-state index is 11.4. The number of carbonyl (C=O) groups is 1. The van der Waals surface area contributed by atoms with Crippen LogP contribution in [0.4, 0.5) is 0 Å². The third-order valence-corrected chi connectivity index (χ3v) is 5.27. The van der Waals surface area contributed by atoms with Crippen LogP contribution < -0.4 is 4.74 Å². The Labute approximate surface area is 175 Å². The SMILES string of the molecule is COc1cc(I)ccc1Cn1c(-c2cccc(C(=O)O)c2)nc2ccccc21. The van der Waals surface area contributed by atoms with Crippen molar-refractivity contribution in [1.82, 2.24) is 9.55 Å². The van der Waals surface area contributed by atoms with Crippen LogP contribution in [0.1, 0.15) is 15.9 Å². The maximum Gasteiger partial charge on any atom is 0.335 e. The molecule has 3 aromatic carbocycles. The molecule has 0 aliphatic rings. The fourth-order valence-electron chi connectivity index (χ4n) is 3.27. The number of aromatic nitrogens is 2. The summed E-state index contributed by atoms with van der Waals surface area (Å²) in [5.74, 6) is 0.587. The maximum absolute atomic E-state index is 11.4. The zero-order valence-corrected chi connectivity index (χ0v) is 17.3. The van der Waals surface area contributed by atoms with Gasteiger partial charge in [-0.05, 0) is 59.0 Å². The highest BCUT2D eigenvalue weighted by molar-refractivity contribution is 14.1. The lowest BCUT2D eigenvalue weighted by Gasteiger charge is -2.13. The van der Waals surface area contributed by atoms with Gasteiger partial charge in [0, 0.05) is 14.7 Å². The number of ether oxygens (including phenoxy) is 1. The van der Waals surface area contributed by atoms with E-state index >= 15 is 0 Å². The van der Waals surface area contributed by atoms with Gasteiger partial charge in [-0.3, -0.25) is 0 Å². The van der Waals surface area contributed by atoms with Crippen molar-refractivity contribution in [2.24, 2.45) is 0 Å². The number of halogens is 1. The second-order valence-corrected chi connectivity index (χ2v) is 7.60. The fourth-order valence-corrected chi connectivity index (χ4v) is 3.73. The van der Waals surface area contributed by atoms with E-state index in [1.807, 2.05) is 48.5 Å². The van der Waals surface area contributed by atoms with Gasteiger partial charge in [-0.2, -0.15) is 0 Å².